The molecule has 0 saturated heterocycles. The van der Waals surface area contributed by atoms with Crippen LogP contribution in [0.4, 0.5) is 5.69 Å². The molecule has 0 aliphatic carbocycles. The number of alkyl halides is 1. The van der Waals surface area contributed by atoms with Crippen LogP contribution >= 0.6 is 24.2 Å². The summed E-state index contributed by atoms with van der Waals surface area (Å²) in [6.45, 7) is 5.74. The summed E-state index contributed by atoms with van der Waals surface area (Å²) in [5.41, 5.74) is 1.44. The molecule has 5 nitrogen and oxygen atoms in total. The van der Waals surface area contributed by atoms with Gasteiger partial charge in [-0.3, -0.25) is 14.5 Å². The van der Waals surface area contributed by atoms with E-state index in [2.05, 4.69) is 17.9 Å². The molecule has 0 radical (unpaired) electrons. The Morgan fingerprint density at radius 3 is 2.35 bits per heavy atom. The zero-order valence-corrected chi connectivity index (χ0v) is 20.3. The summed E-state index contributed by atoms with van der Waals surface area (Å²) in [6.07, 6.45) is 0.759. The zero-order valence-electron chi connectivity index (χ0n) is 18.7. The average molecular weight is 463 g/mol. The molecule has 0 bridgehead atoms. The number of thiol groups is 1. The Morgan fingerprint density at radius 2 is 1.84 bits per heavy atom. The lowest BCUT2D eigenvalue weighted by molar-refractivity contribution is -0.127. The second-order valence-electron chi connectivity index (χ2n) is 8.13. The van der Waals surface area contributed by atoms with Crippen molar-refractivity contribution in [3.63, 3.8) is 0 Å². The molecule has 31 heavy (non-hydrogen) atoms. The normalized spacial score (nSPS) is 13.9. The van der Waals surface area contributed by atoms with E-state index in [9.17, 15) is 9.59 Å². The van der Waals surface area contributed by atoms with E-state index in [0.29, 0.717) is 22.8 Å². The molecule has 2 amide bonds. The molecule has 2 aromatic carbocycles. The van der Waals surface area contributed by atoms with Gasteiger partial charge in [0, 0.05) is 24.1 Å². The smallest absolute Gasteiger partial charge is 0.248 e. The molecule has 2 rings (SSSR count). The summed E-state index contributed by atoms with van der Waals surface area (Å²) in [5, 5.41) is 2.70. The van der Waals surface area contributed by atoms with Crippen LogP contribution in [-0.2, 0) is 16.0 Å². The second kappa shape index (κ2) is 10.9. The number of ether oxygens (including phenoxy) is 1. The van der Waals surface area contributed by atoms with Crippen molar-refractivity contribution >= 4 is 41.7 Å². The SMILES string of the molecule is CNC(=O)[C@H](Cc1ccc(OC)cc1S)N(C(=O)C(C)(Cl)CC(C)C)c1ccccc1. The van der Waals surface area contributed by atoms with E-state index in [0.717, 1.165) is 5.56 Å². The van der Waals surface area contributed by atoms with Crippen LogP contribution in [0.2, 0.25) is 0 Å². The third-order valence-electron chi connectivity index (χ3n) is 5.06. The Kier molecular flexibility index (Phi) is 8.83. The maximum Gasteiger partial charge on any atom is 0.248 e. The number of halogens is 1. The molecule has 1 N–H and O–H groups in total. The largest absolute Gasteiger partial charge is 0.497 e. The average Bonchev–Trinajstić information content (AvgIpc) is 2.73. The van der Waals surface area contributed by atoms with Crippen LogP contribution in [0.25, 0.3) is 0 Å². The summed E-state index contributed by atoms with van der Waals surface area (Å²) in [5.74, 6) is 0.300. The molecular formula is C24H31ClN2O3S. The van der Waals surface area contributed by atoms with Crippen LogP contribution in [-0.4, -0.2) is 36.9 Å². The van der Waals surface area contributed by atoms with Crippen molar-refractivity contribution in [3.05, 3.63) is 54.1 Å². The molecule has 0 aliphatic rings. The first-order valence-electron chi connectivity index (χ1n) is 10.3. The number of hydrogen-bond donors (Lipinski definition) is 2. The van der Waals surface area contributed by atoms with Gasteiger partial charge in [-0.2, -0.15) is 0 Å². The fraction of sp³-hybridized carbons (Fsp3) is 0.417. The third-order valence-corrected chi connectivity index (χ3v) is 5.79. The van der Waals surface area contributed by atoms with Crippen molar-refractivity contribution in [2.45, 2.75) is 49.4 Å². The minimum absolute atomic E-state index is 0.216. The lowest BCUT2D eigenvalue weighted by Gasteiger charge is -2.36. The van der Waals surface area contributed by atoms with Crippen molar-refractivity contribution in [3.8, 4) is 5.75 Å². The van der Waals surface area contributed by atoms with Gasteiger partial charge in [0.1, 0.15) is 16.7 Å². The fourth-order valence-electron chi connectivity index (χ4n) is 3.65. The van der Waals surface area contributed by atoms with E-state index in [1.54, 1.807) is 27.1 Å². The molecule has 168 valence electrons. The maximum absolute atomic E-state index is 13.7. The number of anilines is 1. The van der Waals surface area contributed by atoms with Gasteiger partial charge in [0.15, 0.2) is 0 Å². The zero-order chi connectivity index (χ0) is 23.2. The Morgan fingerprint density at radius 1 is 1.19 bits per heavy atom. The monoisotopic (exact) mass is 462 g/mol. The minimum Gasteiger partial charge on any atom is -0.497 e. The molecule has 0 saturated carbocycles. The van der Waals surface area contributed by atoms with Gasteiger partial charge >= 0.3 is 0 Å². The van der Waals surface area contributed by atoms with Gasteiger partial charge in [-0.25, -0.2) is 0 Å². The fourth-order valence-corrected chi connectivity index (χ4v) is 4.34. The molecule has 1 unspecified atom stereocenters. The van der Waals surface area contributed by atoms with Crippen molar-refractivity contribution in [2.75, 3.05) is 19.1 Å². The maximum atomic E-state index is 13.7. The van der Waals surface area contributed by atoms with Gasteiger partial charge in [0.2, 0.25) is 11.8 Å². The van der Waals surface area contributed by atoms with E-state index in [1.165, 1.54) is 4.90 Å². The number of methoxy groups -OCH3 is 1. The van der Waals surface area contributed by atoms with E-state index < -0.39 is 10.9 Å². The number of benzene rings is 2. The van der Waals surface area contributed by atoms with Crippen LogP contribution in [0.3, 0.4) is 0 Å². The number of nitrogens with zero attached hydrogens (tertiary/aromatic N) is 1. The highest BCUT2D eigenvalue weighted by molar-refractivity contribution is 7.80. The highest BCUT2D eigenvalue weighted by Gasteiger charge is 2.41. The molecule has 2 atom stereocenters. The molecule has 0 heterocycles. The van der Waals surface area contributed by atoms with Gasteiger partial charge in [-0.15, -0.1) is 24.2 Å². The molecule has 7 heteroatoms. The first-order chi connectivity index (χ1) is 14.6. The van der Waals surface area contributed by atoms with Crippen LogP contribution in [0.5, 0.6) is 5.75 Å². The highest BCUT2D eigenvalue weighted by atomic mass is 35.5. The van der Waals surface area contributed by atoms with Crippen LogP contribution < -0.4 is 15.0 Å². The Labute approximate surface area is 195 Å². The number of hydrogen-bond acceptors (Lipinski definition) is 4. The lowest BCUT2D eigenvalue weighted by atomic mass is 9.94. The van der Waals surface area contributed by atoms with E-state index in [1.807, 2.05) is 56.3 Å². The number of rotatable bonds is 9. The Hall–Kier alpha value is -2.18. The van der Waals surface area contributed by atoms with Crippen LogP contribution in [0, 0.1) is 5.92 Å². The molecule has 0 spiro atoms. The van der Waals surface area contributed by atoms with E-state index >= 15 is 0 Å². The first-order valence-corrected chi connectivity index (χ1v) is 11.1. The number of nitrogens with one attached hydrogen (secondary N) is 1. The number of carbonyl (C=O) groups is 2. The number of para-hydroxylation sites is 1. The van der Waals surface area contributed by atoms with Gasteiger partial charge in [0.05, 0.1) is 7.11 Å². The van der Waals surface area contributed by atoms with Crippen LogP contribution in [0.15, 0.2) is 53.4 Å². The highest BCUT2D eigenvalue weighted by Crippen LogP contribution is 2.32. The second-order valence-corrected chi connectivity index (χ2v) is 9.45. The summed E-state index contributed by atoms with van der Waals surface area (Å²) in [6, 6.07) is 13.8. The predicted molar refractivity (Wildman–Crippen MR) is 129 cm³/mol. The summed E-state index contributed by atoms with van der Waals surface area (Å²) >= 11 is 11.3. The number of amides is 2. The first kappa shape index (κ1) is 25.1. The van der Waals surface area contributed by atoms with Gasteiger partial charge < -0.3 is 10.1 Å². The summed E-state index contributed by atoms with van der Waals surface area (Å²) in [7, 11) is 3.15. The predicted octanol–water partition coefficient (Wildman–Crippen LogP) is 4.72. The van der Waals surface area contributed by atoms with Crippen molar-refractivity contribution in [2.24, 2.45) is 5.92 Å². The molecular weight excluding hydrogens is 432 g/mol. The lowest BCUT2D eigenvalue weighted by Crippen LogP contribution is -2.55. The molecule has 2 aromatic rings. The molecule has 0 aliphatic heterocycles. The van der Waals surface area contributed by atoms with Gasteiger partial charge in [-0.1, -0.05) is 38.1 Å². The molecule has 0 aromatic heterocycles. The topological polar surface area (TPSA) is 58.6 Å². The van der Waals surface area contributed by atoms with Crippen molar-refractivity contribution in [1.82, 2.24) is 5.32 Å². The third kappa shape index (κ3) is 6.40. The summed E-state index contributed by atoms with van der Waals surface area (Å²) in [4.78, 5) is 27.8. The standard InChI is InChI=1S/C24H31ClN2O3S/c1-16(2)15-24(3,25)23(29)27(18-9-7-6-8-10-18)20(22(28)26-4)13-17-11-12-19(30-5)14-21(17)31/h6-12,14,16,20,31H,13,15H2,1-5H3,(H,26,28)/t20-,24?/m0/s1. The van der Waals surface area contributed by atoms with Gasteiger partial charge in [-0.05, 0) is 49.1 Å². The van der Waals surface area contributed by atoms with Gasteiger partial charge in [0.25, 0.3) is 0 Å². The Balaban J connectivity index is 2.55. The van der Waals surface area contributed by atoms with Crippen molar-refractivity contribution in [1.29, 1.82) is 0 Å². The number of likely N-dealkylation sites (N-methyl/N-ethyl adjacent to an activating group) is 1. The Bertz CT molecular complexity index is 903. The minimum atomic E-state index is -1.15. The van der Waals surface area contributed by atoms with E-state index in [4.69, 9.17) is 16.3 Å². The van der Waals surface area contributed by atoms with Crippen molar-refractivity contribution < 1.29 is 14.3 Å². The van der Waals surface area contributed by atoms with E-state index in [-0.39, 0.29) is 24.2 Å². The quantitative estimate of drug-likeness (QED) is 0.419. The number of carbonyl (C=O) groups excluding carboxylic acids is 2. The summed E-state index contributed by atoms with van der Waals surface area (Å²) < 4.78 is 5.25. The molecule has 0 fully saturated rings. The van der Waals surface area contributed by atoms with Crippen LogP contribution in [0.1, 0.15) is 32.8 Å².